The lowest BCUT2D eigenvalue weighted by Gasteiger charge is -2.16. The molecule has 0 aliphatic heterocycles. The van der Waals surface area contributed by atoms with Crippen LogP contribution in [-0.4, -0.2) is 16.9 Å². The normalized spacial score (nSPS) is 13.1. The van der Waals surface area contributed by atoms with E-state index in [0.29, 0.717) is 10.6 Å². The summed E-state index contributed by atoms with van der Waals surface area (Å²) in [5.41, 5.74) is 0.530. The van der Waals surface area contributed by atoms with Crippen molar-refractivity contribution in [3.63, 3.8) is 0 Å². The van der Waals surface area contributed by atoms with Crippen molar-refractivity contribution in [1.82, 2.24) is 4.98 Å². The first-order valence-corrected chi connectivity index (χ1v) is 7.38. The van der Waals surface area contributed by atoms with Gasteiger partial charge in [0.1, 0.15) is 0 Å². The largest absolute Gasteiger partial charge is 0.389 e. The number of rotatable bonds is 6. The second kappa shape index (κ2) is 6.85. The Bertz CT molecular complexity index is 566. The smallest absolute Gasteiger partial charge is 0.294 e. The Kier molecular flexibility index (Phi) is 5.12. The van der Waals surface area contributed by atoms with E-state index < -0.39 is 18.5 Å². The average molecular weight is 313 g/mol. The Morgan fingerprint density at radius 2 is 1.95 bits per heavy atom. The number of alkyl halides is 3. The topological polar surface area (TPSA) is 30.0 Å². The molecule has 0 spiro atoms. The fraction of sp³-hybridized carbons (Fsp3) is 0.333. The summed E-state index contributed by atoms with van der Waals surface area (Å²) in [4.78, 5) is 15.9. The molecule has 0 amide bonds. The molecule has 0 fully saturated rings. The molecule has 1 atom stereocenters. The van der Waals surface area contributed by atoms with Gasteiger partial charge in [-0.3, -0.25) is 4.79 Å². The van der Waals surface area contributed by atoms with Gasteiger partial charge in [-0.25, -0.2) is 4.98 Å². The lowest BCUT2D eigenvalue weighted by atomic mass is 9.96. The van der Waals surface area contributed by atoms with Crippen LogP contribution in [-0.2, 0) is 0 Å². The van der Waals surface area contributed by atoms with Gasteiger partial charge in [0, 0.05) is 29.5 Å². The molecule has 0 saturated carbocycles. The molecule has 6 heteroatoms. The van der Waals surface area contributed by atoms with E-state index in [-0.39, 0.29) is 18.6 Å². The number of benzene rings is 1. The summed E-state index contributed by atoms with van der Waals surface area (Å²) in [7, 11) is 0. The van der Waals surface area contributed by atoms with Crippen LogP contribution in [0.3, 0.4) is 0 Å². The van der Waals surface area contributed by atoms with Crippen LogP contribution in [0.15, 0.2) is 41.9 Å². The van der Waals surface area contributed by atoms with E-state index >= 15 is 0 Å². The van der Waals surface area contributed by atoms with Gasteiger partial charge in [0.2, 0.25) is 0 Å². The highest BCUT2D eigenvalue weighted by Gasteiger charge is 2.33. The number of thiazole rings is 1. The molecule has 2 aromatic rings. The van der Waals surface area contributed by atoms with Crippen molar-refractivity contribution in [1.29, 1.82) is 0 Å². The van der Waals surface area contributed by atoms with Gasteiger partial charge in [-0.05, 0) is 6.42 Å². The Morgan fingerprint density at radius 1 is 1.24 bits per heavy atom. The van der Waals surface area contributed by atoms with Crippen molar-refractivity contribution in [2.24, 2.45) is 0 Å². The highest BCUT2D eigenvalue weighted by atomic mass is 32.1. The lowest BCUT2D eigenvalue weighted by molar-refractivity contribution is -0.139. The number of ketones is 1. The van der Waals surface area contributed by atoms with Crippen LogP contribution >= 0.6 is 11.3 Å². The van der Waals surface area contributed by atoms with Crippen molar-refractivity contribution in [2.45, 2.75) is 31.4 Å². The maximum Gasteiger partial charge on any atom is 0.389 e. The second-order valence-electron chi connectivity index (χ2n) is 4.71. The molecule has 2 rings (SSSR count). The van der Waals surface area contributed by atoms with Crippen molar-refractivity contribution in [3.05, 3.63) is 52.5 Å². The van der Waals surface area contributed by atoms with E-state index in [1.54, 1.807) is 35.7 Å². The molecular weight excluding hydrogens is 299 g/mol. The number of halogens is 3. The Balaban J connectivity index is 2.01. The average Bonchev–Trinajstić information content (AvgIpc) is 2.97. The van der Waals surface area contributed by atoms with Crippen molar-refractivity contribution < 1.29 is 18.0 Å². The van der Waals surface area contributed by atoms with Gasteiger partial charge in [-0.1, -0.05) is 30.3 Å². The first-order chi connectivity index (χ1) is 9.96. The molecule has 1 aromatic carbocycles. The van der Waals surface area contributed by atoms with E-state index in [9.17, 15) is 18.0 Å². The highest BCUT2D eigenvalue weighted by Crippen LogP contribution is 2.35. The van der Waals surface area contributed by atoms with Crippen LogP contribution in [0.2, 0.25) is 0 Å². The van der Waals surface area contributed by atoms with E-state index in [1.165, 1.54) is 17.5 Å². The molecule has 21 heavy (non-hydrogen) atoms. The van der Waals surface area contributed by atoms with Crippen LogP contribution in [0.4, 0.5) is 13.2 Å². The zero-order chi connectivity index (χ0) is 15.3. The van der Waals surface area contributed by atoms with Crippen LogP contribution in [0.1, 0.15) is 40.5 Å². The Morgan fingerprint density at radius 3 is 2.52 bits per heavy atom. The van der Waals surface area contributed by atoms with Crippen molar-refractivity contribution in [3.8, 4) is 0 Å². The molecule has 0 N–H and O–H groups in total. The quantitative estimate of drug-likeness (QED) is 0.714. The van der Waals surface area contributed by atoms with Gasteiger partial charge in [0.25, 0.3) is 0 Å². The van der Waals surface area contributed by atoms with E-state index in [4.69, 9.17) is 0 Å². The van der Waals surface area contributed by atoms with Gasteiger partial charge < -0.3 is 0 Å². The molecule has 0 radical (unpaired) electrons. The number of nitrogens with zero attached hydrogens (tertiary/aromatic N) is 1. The molecule has 1 aromatic heterocycles. The summed E-state index contributed by atoms with van der Waals surface area (Å²) >= 11 is 1.20. The van der Waals surface area contributed by atoms with Gasteiger partial charge in [-0.15, -0.1) is 11.3 Å². The lowest BCUT2D eigenvalue weighted by Crippen LogP contribution is -2.15. The minimum atomic E-state index is -4.26. The molecule has 112 valence electrons. The number of hydrogen-bond donors (Lipinski definition) is 0. The van der Waals surface area contributed by atoms with E-state index in [1.807, 2.05) is 0 Å². The van der Waals surface area contributed by atoms with Gasteiger partial charge in [-0.2, -0.15) is 13.2 Å². The van der Waals surface area contributed by atoms with Gasteiger partial charge in [0.05, 0.1) is 11.4 Å². The summed E-state index contributed by atoms with van der Waals surface area (Å²) in [6.45, 7) is 0. The second-order valence-corrected chi connectivity index (χ2v) is 5.64. The minimum absolute atomic E-state index is 0.0876. The predicted octanol–water partition coefficient (Wildman–Crippen LogP) is 4.84. The van der Waals surface area contributed by atoms with Crippen LogP contribution < -0.4 is 0 Å². The SMILES string of the molecule is O=C(CCC(CC(F)(F)F)c1nccs1)c1ccccc1. The predicted molar refractivity (Wildman–Crippen MR) is 75.5 cm³/mol. The number of Topliss-reactive ketones (excluding diaryl/α,β-unsaturated/α-hetero) is 1. The maximum absolute atomic E-state index is 12.6. The maximum atomic E-state index is 12.6. The summed E-state index contributed by atoms with van der Waals surface area (Å²) in [5.74, 6) is -0.892. The van der Waals surface area contributed by atoms with Crippen molar-refractivity contribution in [2.75, 3.05) is 0 Å². The number of hydrogen-bond acceptors (Lipinski definition) is 3. The summed E-state index contributed by atoms with van der Waals surface area (Å²) < 4.78 is 37.9. The Labute approximate surface area is 124 Å². The number of carbonyl (C=O) groups is 1. The molecular formula is C15H14F3NOS. The first-order valence-electron chi connectivity index (χ1n) is 6.50. The van der Waals surface area contributed by atoms with Crippen LogP contribution in [0.5, 0.6) is 0 Å². The summed E-state index contributed by atoms with van der Waals surface area (Å²) in [6.07, 6.45) is -3.47. The summed E-state index contributed by atoms with van der Waals surface area (Å²) in [5, 5.41) is 2.09. The van der Waals surface area contributed by atoms with Crippen molar-refractivity contribution >= 4 is 17.1 Å². The molecule has 1 heterocycles. The molecule has 0 saturated heterocycles. The van der Waals surface area contributed by atoms with Gasteiger partial charge in [0.15, 0.2) is 5.78 Å². The van der Waals surface area contributed by atoms with E-state index in [2.05, 4.69) is 4.98 Å². The van der Waals surface area contributed by atoms with Crippen LogP contribution in [0, 0.1) is 0 Å². The molecule has 1 unspecified atom stereocenters. The molecule has 0 aliphatic carbocycles. The monoisotopic (exact) mass is 313 g/mol. The van der Waals surface area contributed by atoms with Gasteiger partial charge >= 0.3 is 6.18 Å². The molecule has 0 bridgehead atoms. The fourth-order valence-electron chi connectivity index (χ4n) is 2.10. The molecule has 2 nitrogen and oxygen atoms in total. The molecule has 0 aliphatic rings. The van der Waals surface area contributed by atoms with E-state index in [0.717, 1.165) is 0 Å². The Hall–Kier alpha value is -1.69. The third-order valence-electron chi connectivity index (χ3n) is 3.09. The number of aromatic nitrogens is 1. The third kappa shape index (κ3) is 4.97. The third-order valence-corrected chi connectivity index (χ3v) is 4.03. The first kappa shape index (κ1) is 15.7. The zero-order valence-electron chi connectivity index (χ0n) is 11.1. The minimum Gasteiger partial charge on any atom is -0.294 e. The zero-order valence-corrected chi connectivity index (χ0v) is 12.0. The fourth-order valence-corrected chi connectivity index (χ4v) is 2.88. The standard InChI is InChI=1S/C15H14F3NOS/c16-15(17,18)10-12(14-19-8-9-21-14)6-7-13(20)11-4-2-1-3-5-11/h1-5,8-9,12H,6-7,10H2. The number of carbonyl (C=O) groups excluding carboxylic acids is 1. The summed E-state index contributed by atoms with van der Waals surface area (Å²) in [6, 6.07) is 8.61. The highest BCUT2D eigenvalue weighted by molar-refractivity contribution is 7.09. The van der Waals surface area contributed by atoms with Crippen LogP contribution in [0.25, 0.3) is 0 Å².